The van der Waals surface area contributed by atoms with E-state index in [0.717, 1.165) is 25.9 Å². The van der Waals surface area contributed by atoms with Gasteiger partial charge in [-0.1, -0.05) is 6.92 Å². The van der Waals surface area contributed by atoms with Gasteiger partial charge in [-0.15, -0.1) is 0 Å². The third-order valence-electron chi connectivity index (χ3n) is 5.38. The third kappa shape index (κ3) is 3.49. The number of nitrogens with zero attached hydrogens (tertiary/aromatic N) is 3. The Bertz CT molecular complexity index is 730. The Morgan fingerprint density at radius 1 is 1.23 bits per heavy atom. The fraction of sp³-hybridized carbons (Fsp3) is 0.556. The highest BCUT2D eigenvalue weighted by atomic mass is 16.6. The van der Waals surface area contributed by atoms with Crippen LogP contribution >= 0.6 is 0 Å². The molecule has 2 fully saturated rings. The van der Waals surface area contributed by atoms with Crippen molar-refractivity contribution in [1.82, 2.24) is 4.90 Å². The highest BCUT2D eigenvalue weighted by molar-refractivity contribution is 5.96. The molecule has 0 spiro atoms. The second-order valence-electron chi connectivity index (χ2n) is 7.12. The topological polar surface area (TPSA) is 104 Å². The van der Waals surface area contributed by atoms with Gasteiger partial charge in [-0.3, -0.25) is 19.7 Å². The predicted octanol–water partition coefficient (Wildman–Crippen LogP) is 2.38. The molecular weight excluding hydrogens is 338 g/mol. The average molecular weight is 361 g/mol. The lowest BCUT2D eigenvalue weighted by atomic mass is 9.87. The van der Waals surface area contributed by atoms with E-state index in [9.17, 15) is 24.8 Å². The van der Waals surface area contributed by atoms with Crippen LogP contribution in [0.15, 0.2) is 18.2 Å². The molecule has 0 aliphatic carbocycles. The minimum Gasteiger partial charge on any atom is -0.481 e. The van der Waals surface area contributed by atoms with Gasteiger partial charge in [-0.05, 0) is 37.3 Å². The normalized spacial score (nSPS) is 23.1. The molecule has 2 atom stereocenters. The Morgan fingerprint density at radius 3 is 2.50 bits per heavy atom. The first-order chi connectivity index (χ1) is 12.4. The van der Waals surface area contributed by atoms with Gasteiger partial charge in [0, 0.05) is 37.8 Å². The number of nitro benzene ring substituents is 1. The van der Waals surface area contributed by atoms with Gasteiger partial charge < -0.3 is 14.9 Å². The van der Waals surface area contributed by atoms with Crippen LogP contribution in [0, 0.1) is 22.0 Å². The van der Waals surface area contributed by atoms with Gasteiger partial charge in [0.05, 0.1) is 10.8 Å². The smallest absolute Gasteiger partial charge is 0.306 e. The lowest BCUT2D eigenvalue weighted by Gasteiger charge is -2.35. The molecule has 1 amide bonds. The van der Waals surface area contributed by atoms with Gasteiger partial charge in [0.15, 0.2) is 0 Å². The molecule has 8 heteroatoms. The van der Waals surface area contributed by atoms with Crippen molar-refractivity contribution in [2.24, 2.45) is 11.8 Å². The number of aliphatic carboxylic acids is 1. The zero-order chi connectivity index (χ0) is 18.8. The van der Waals surface area contributed by atoms with Crippen molar-refractivity contribution < 1.29 is 19.6 Å². The summed E-state index contributed by atoms with van der Waals surface area (Å²) in [5.41, 5.74) is 0.786. The molecule has 0 aromatic heterocycles. The zero-order valence-electron chi connectivity index (χ0n) is 14.8. The molecule has 2 saturated heterocycles. The highest BCUT2D eigenvalue weighted by Gasteiger charge is 2.34. The second kappa shape index (κ2) is 7.31. The molecule has 0 radical (unpaired) electrons. The van der Waals surface area contributed by atoms with Crippen molar-refractivity contribution in [3.05, 3.63) is 33.9 Å². The summed E-state index contributed by atoms with van der Waals surface area (Å²) in [6.45, 7) is 4.08. The summed E-state index contributed by atoms with van der Waals surface area (Å²) < 4.78 is 0. The Balaban J connectivity index is 1.80. The van der Waals surface area contributed by atoms with E-state index in [4.69, 9.17) is 0 Å². The summed E-state index contributed by atoms with van der Waals surface area (Å²) in [7, 11) is 0. The van der Waals surface area contributed by atoms with Crippen molar-refractivity contribution in [2.75, 3.05) is 31.1 Å². The van der Waals surface area contributed by atoms with E-state index in [1.165, 1.54) is 6.07 Å². The SMILES string of the molecule is CC1CN(C(=O)c2ccc(N3CCCC3)c([N+](=O)[O-])c2)CCC1C(=O)O. The summed E-state index contributed by atoms with van der Waals surface area (Å²) in [6, 6.07) is 4.64. The standard InChI is InChI=1S/C18H23N3O5/c1-12-11-20(9-6-14(12)18(23)24)17(22)13-4-5-15(16(10-13)21(25)26)19-7-2-3-8-19/h4-5,10,12,14H,2-3,6-9,11H2,1H3,(H,23,24). The summed E-state index contributed by atoms with van der Waals surface area (Å²) >= 11 is 0. The van der Waals surface area contributed by atoms with Crippen LogP contribution in [0.25, 0.3) is 0 Å². The van der Waals surface area contributed by atoms with E-state index in [-0.39, 0.29) is 23.1 Å². The van der Waals surface area contributed by atoms with Crippen molar-refractivity contribution in [2.45, 2.75) is 26.2 Å². The van der Waals surface area contributed by atoms with Crippen LogP contribution in [0.1, 0.15) is 36.5 Å². The van der Waals surface area contributed by atoms with E-state index in [1.807, 2.05) is 11.8 Å². The fourth-order valence-corrected chi connectivity index (χ4v) is 3.91. The van der Waals surface area contributed by atoms with Crippen LogP contribution in [0.4, 0.5) is 11.4 Å². The third-order valence-corrected chi connectivity index (χ3v) is 5.38. The van der Waals surface area contributed by atoms with Gasteiger partial charge in [0.1, 0.15) is 5.69 Å². The van der Waals surface area contributed by atoms with Crippen molar-refractivity contribution in [1.29, 1.82) is 0 Å². The minimum absolute atomic E-state index is 0.0498. The van der Waals surface area contributed by atoms with Gasteiger partial charge >= 0.3 is 5.97 Å². The van der Waals surface area contributed by atoms with Gasteiger partial charge in [0.2, 0.25) is 0 Å². The molecule has 8 nitrogen and oxygen atoms in total. The molecule has 3 rings (SSSR count). The second-order valence-corrected chi connectivity index (χ2v) is 7.12. The first-order valence-electron chi connectivity index (χ1n) is 8.94. The lowest BCUT2D eigenvalue weighted by Crippen LogP contribution is -2.45. The molecule has 2 unspecified atom stereocenters. The number of hydrogen-bond acceptors (Lipinski definition) is 5. The van der Waals surface area contributed by atoms with Crippen LogP contribution < -0.4 is 4.90 Å². The van der Waals surface area contributed by atoms with Crippen LogP contribution in [0.5, 0.6) is 0 Å². The maximum Gasteiger partial charge on any atom is 0.306 e. The Morgan fingerprint density at radius 2 is 1.92 bits per heavy atom. The molecule has 1 aromatic carbocycles. The molecule has 1 N–H and O–H groups in total. The number of benzene rings is 1. The maximum absolute atomic E-state index is 12.8. The number of carboxylic acid groups (broad SMARTS) is 1. The minimum atomic E-state index is -0.838. The number of piperidine rings is 1. The highest BCUT2D eigenvalue weighted by Crippen LogP contribution is 2.32. The first kappa shape index (κ1) is 18.2. The van der Waals surface area contributed by atoms with Crippen LogP contribution in [-0.2, 0) is 4.79 Å². The number of amides is 1. The Kier molecular flexibility index (Phi) is 5.11. The number of carbonyl (C=O) groups excluding carboxylic acids is 1. The maximum atomic E-state index is 12.8. The number of hydrogen-bond donors (Lipinski definition) is 1. The molecule has 1 aromatic rings. The number of nitro groups is 1. The molecular formula is C18H23N3O5. The van der Waals surface area contributed by atoms with E-state index >= 15 is 0 Å². The molecule has 140 valence electrons. The largest absolute Gasteiger partial charge is 0.481 e. The Labute approximate surface area is 151 Å². The number of rotatable bonds is 4. The van der Waals surface area contributed by atoms with Gasteiger partial charge in [0.25, 0.3) is 11.6 Å². The monoisotopic (exact) mass is 361 g/mol. The molecule has 26 heavy (non-hydrogen) atoms. The average Bonchev–Trinajstić information content (AvgIpc) is 3.14. The van der Waals surface area contributed by atoms with E-state index < -0.39 is 16.8 Å². The summed E-state index contributed by atoms with van der Waals surface area (Å²) in [6.07, 6.45) is 2.42. The first-order valence-corrected chi connectivity index (χ1v) is 8.94. The quantitative estimate of drug-likeness (QED) is 0.652. The predicted molar refractivity (Wildman–Crippen MR) is 95.4 cm³/mol. The van der Waals surface area contributed by atoms with Gasteiger partial charge in [-0.2, -0.15) is 0 Å². The number of carboxylic acids is 1. The lowest BCUT2D eigenvalue weighted by molar-refractivity contribution is -0.384. The van der Waals surface area contributed by atoms with E-state index in [1.54, 1.807) is 17.0 Å². The molecule has 0 bridgehead atoms. The fourth-order valence-electron chi connectivity index (χ4n) is 3.91. The zero-order valence-corrected chi connectivity index (χ0v) is 14.8. The van der Waals surface area contributed by atoms with Gasteiger partial charge in [-0.25, -0.2) is 0 Å². The van der Waals surface area contributed by atoms with E-state index in [2.05, 4.69) is 0 Å². The molecule has 2 heterocycles. The molecule has 2 aliphatic rings. The molecule has 0 saturated carbocycles. The number of likely N-dealkylation sites (tertiary alicyclic amines) is 1. The van der Waals surface area contributed by atoms with Crippen LogP contribution in [-0.4, -0.2) is 53.0 Å². The van der Waals surface area contributed by atoms with E-state index in [0.29, 0.717) is 25.2 Å². The van der Waals surface area contributed by atoms with Crippen molar-refractivity contribution >= 4 is 23.3 Å². The summed E-state index contributed by atoms with van der Waals surface area (Å²) in [5, 5.41) is 20.7. The summed E-state index contributed by atoms with van der Waals surface area (Å²) in [4.78, 5) is 38.6. The summed E-state index contributed by atoms with van der Waals surface area (Å²) in [5.74, 6) is -1.72. The van der Waals surface area contributed by atoms with Crippen molar-refractivity contribution in [3.63, 3.8) is 0 Å². The Hall–Kier alpha value is -2.64. The van der Waals surface area contributed by atoms with Crippen LogP contribution in [0.2, 0.25) is 0 Å². The van der Waals surface area contributed by atoms with Crippen LogP contribution in [0.3, 0.4) is 0 Å². The van der Waals surface area contributed by atoms with Crippen molar-refractivity contribution in [3.8, 4) is 0 Å². The number of anilines is 1. The molecule has 2 aliphatic heterocycles. The number of carbonyl (C=O) groups is 2.